The fraction of sp³-hybridized carbons (Fsp3) is 0.562. The third-order valence-corrected chi connectivity index (χ3v) is 4.41. The van der Waals surface area contributed by atoms with Gasteiger partial charge >= 0.3 is 0 Å². The Bertz CT molecular complexity index is 567. The Labute approximate surface area is 125 Å². The molecule has 0 heterocycles. The van der Waals surface area contributed by atoms with Gasteiger partial charge in [-0.15, -0.1) is 0 Å². The molecule has 5 nitrogen and oxygen atoms in total. The first-order chi connectivity index (χ1) is 10.1. The molecule has 1 aromatic carbocycles. The van der Waals surface area contributed by atoms with Gasteiger partial charge in [-0.1, -0.05) is 34.9 Å². The van der Waals surface area contributed by atoms with Crippen molar-refractivity contribution in [2.75, 3.05) is 13.1 Å². The lowest BCUT2D eigenvalue weighted by molar-refractivity contribution is -0.141. The van der Waals surface area contributed by atoms with Crippen LogP contribution in [-0.2, 0) is 10.2 Å². The zero-order valence-electron chi connectivity index (χ0n) is 12.9. The molecule has 0 N–H and O–H groups in total. The second kappa shape index (κ2) is 6.19. The van der Waals surface area contributed by atoms with Crippen LogP contribution in [0.2, 0.25) is 0 Å². The summed E-state index contributed by atoms with van der Waals surface area (Å²) in [6, 6.07) is 8.04. The number of carbonyl (C=O) groups is 1. The summed E-state index contributed by atoms with van der Waals surface area (Å²) in [7, 11) is 0. The van der Waals surface area contributed by atoms with E-state index < -0.39 is 5.41 Å². The highest BCUT2D eigenvalue weighted by Gasteiger charge is 2.52. The van der Waals surface area contributed by atoms with Crippen molar-refractivity contribution >= 4 is 5.91 Å². The topological polar surface area (TPSA) is 69.1 Å². The van der Waals surface area contributed by atoms with Gasteiger partial charge in [0.25, 0.3) is 0 Å². The Hall–Kier alpha value is -2.00. The normalized spacial score (nSPS) is 23.9. The van der Waals surface area contributed by atoms with E-state index >= 15 is 0 Å². The average molecular weight is 286 g/mol. The predicted molar refractivity (Wildman–Crippen MR) is 83.0 cm³/mol. The van der Waals surface area contributed by atoms with Gasteiger partial charge in [0.2, 0.25) is 5.91 Å². The number of benzene rings is 1. The molecule has 0 unspecified atom stereocenters. The quantitative estimate of drug-likeness (QED) is 0.463. The molecule has 1 amide bonds. The van der Waals surface area contributed by atoms with Crippen LogP contribution in [-0.4, -0.2) is 29.9 Å². The van der Waals surface area contributed by atoms with Crippen molar-refractivity contribution in [1.82, 2.24) is 4.90 Å². The fourth-order valence-electron chi connectivity index (χ4n) is 3.19. The van der Waals surface area contributed by atoms with Gasteiger partial charge in [-0.05, 0) is 44.7 Å². The third kappa shape index (κ3) is 2.74. The Kier molecular flexibility index (Phi) is 4.53. The number of hydrogen-bond acceptors (Lipinski definition) is 2. The minimum absolute atomic E-state index is 0.0741. The van der Waals surface area contributed by atoms with Crippen LogP contribution in [0.3, 0.4) is 0 Å². The standard InChI is InChI=1S/C16H22N4O/c1-4-20(5-2)15(21)16(10-14(11-16)18-19-17)13-8-6-7-12(3)9-13/h6-9,14H,4-5,10-11H2,1-3H3/t14-,16-. The van der Waals surface area contributed by atoms with E-state index in [0.29, 0.717) is 25.9 Å². The molecule has 0 spiro atoms. The number of aryl methyl sites for hydroxylation is 1. The van der Waals surface area contributed by atoms with Crippen LogP contribution in [0.1, 0.15) is 37.8 Å². The number of azide groups is 1. The second-order valence-corrected chi connectivity index (χ2v) is 5.70. The summed E-state index contributed by atoms with van der Waals surface area (Å²) < 4.78 is 0. The molecule has 1 aliphatic rings. The van der Waals surface area contributed by atoms with E-state index in [1.807, 2.05) is 43.9 Å². The summed E-state index contributed by atoms with van der Waals surface area (Å²) in [5.74, 6) is 0.155. The van der Waals surface area contributed by atoms with Crippen LogP contribution in [0.4, 0.5) is 0 Å². The summed E-state index contributed by atoms with van der Waals surface area (Å²) in [6.45, 7) is 7.43. The number of hydrogen-bond donors (Lipinski definition) is 0. The molecule has 5 heteroatoms. The number of nitrogens with zero attached hydrogens (tertiary/aromatic N) is 4. The van der Waals surface area contributed by atoms with Crippen molar-refractivity contribution in [3.63, 3.8) is 0 Å². The van der Waals surface area contributed by atoms with E-state index in [4.69, 9.17) is 5.53 Å². The molecule has 2 rings (SSSR count). The van der Waals surface area contributed by atoms with Gasteiger partial charge < -0.3 is 4.90 Å². The number of likely N-dealkylation sites (N-methyl/N-ethyl adjacent to an activating group) is 1. The lowest BCUT2D eigenvalue weighted by Crippen LogP contribution is -2.55. The van der Waals surface area contributed by atoms with Gasteiger partial charge in [0.15, 0.2) is 0 Å². The van der Waals surface area contributed by atoms with Gasteiger partial charge in [0, 0.05) is 24.0 Å². The van der Waals surface area contributed by atoms with E-state index in [1.54, 1.807) is 0 Å². The van der Waals surface area contributed by atoms with E-state index in [-0.39, 0.29) is 11.9 Å². The maximum atomic E-state index is 13.0. The van der Waals surface area contributed by atoms with E-state index in [1.165, 1.54) is 0 Å². The number of carbonyl (C=O) groups excluding carboxylic acids is 1. The van der Waals surface area contributed by atoms with E-state index in [2.05, 4.69) is 16.1 Å². The van der Waals surface area contributed by atoms with Crippen molar-refractivity contribution in [2.24, 2.45) is 5.11 Å². The number of rotatable bonds is 5. The Morgan fingerprint density at radius 3 is 2.62 bits per heavy atom. The highest BCUT2D eigenvalue weighted by molar-refractivity contribution is 5.89. The lowest BCUT2D eigenvalue weighted by Gasteiger charge is -2.47. The zero-order chi connectivity index (χ0) is 15.5. The molecule has 0 aromatic heterocycles. The minimum atomic E-state index is -0.517. The first kappa shape index (κ1) is 15.4. The number of amides is 1. The smallest absolute Gasteiger partial charge is 0.233 e. The average Bonchev–Trinajstić information content (AvgIpc) is 2.43. The molecule has 0 saturated heterocycles. The summed E-state index contributed by atoms with van der Waals surface area (Å²) in [4.78, 5) is 17.7. The maximum Gasteiger partial charge on any atom is 0.233 e. The van der Waals surface area contributed by atoms with Gasteiger partial charge in [0.05, 0.1) is 5.41 Å². The van der Waals surface area contributed by atoms with Gasteiger partial charge in [0.1, 0.15) is 0 Å². The van der Waals surface area contributed by atoms with Gasteiger partial charge in [-0.25, -0.2) is 0 Å². The molecule has 21 heavy (non-hydrogen) atoms. The molecule has 1 fully saturated rings. The monoisotopic (exact) mass is 286 g/mol. The SMILES string of the molecule is CCN(CC)C(=O)[C@]1(c2cccc(C)c2)C[C@@H](N=[N+]=[N-])C1. The summed E-state index contributed by atoms with van der Waals surface area (Å²) in [6.07, 6.45) is 1.21. The van der Waals surface area contributed by atoms with Crippen LogP contribution >= 0.6 is 0 Å². The Morgan fingerprint density at radius 1 is 1.43 bits per heavy atom. The van der Waals surface area contributed by atoms with Crippen LogP contribution in [0.15, 0.2) is 29.4 Å². The largest absolute Gasteiger partial charge is 0.342 e. The summed E-state index contributed by atoms with van der Waals surface area (Å²) >= 11 is 0. The van der Waals surface area contributed by atoms with Gasteiger partial charge in [-0.3, -0.25) is 4.79 Å². The van der Waals surface area contributed by atoms with Gasteiger partial charge in [-0.2, -0.15) is 0 Å². The van der Waals surface area contributed by atoms with Crippen LogP contribution < -0.4 is 0 Å². The first-order valence-electron chi connectivity index (χ1n) is 7.48. The van der Waals surface area contributed by atoms with Crippen molar-refractivity contribution < 1.29 is 4.79 Å². The van der Waals surface area contributed by atoms with Crippen LogP contribution in [0, 0.1) is 6.92 Å². The molecule has 1 aliphatic carbocycles. The molecular formula is C16H22N4O. The molecule has 0 bridgehead atoms. The molecule has 1 saturated carbocycles. The van der Waals surface area contributed by atoms with Crippen molar-refractivity contribution in [3.05, 3.63) is 45.8 Å². The summed E-state index contributed by atoms with van der Waals surface area (Å²) in [5, 5.41) is 3.78. The van der Waals surface area contributed by atoms with E-state index in [0.717, 1.165) is 11.1 Å². The predicted octanol–water partition coefficient (Wildman–Crippen LogP) is 3.57. The maximum absolute atomic E-state index is 13.0. The van der Waals surface area contributed by atoms with Crippen molar-refractivity contribution in [3.8, 4) is 0 Å². The Balaban J connectivity index is 2.37. The van der Waals surface area contributed by atoms with Crippen LogP contribution in [0.25, 0.3) is 10.4 Å². The third-order valence-electron chi connectivity index (χ3n) is 4.41. The molecule has 112 valence electrons. The first-order valence-corrected chi connectivity index (χ1v) is 7.48. The minimum Gasteiger partial charge on any atom is -0.342 e. The molecule has 0 radical (unpaired) electrons. The summed E-state index contributed by atoms with van der Waals surface area (Å²) in [5.41, 5.74) is 10.3. The highest BCUT2D eigenvalue weighted by atomic mass is 16.2. The highest BCUT2D eigenvalue weighted by Crippen LogP contribution is 2.47. The van der Waals surface area contributed by atoms with Crippen molar-refractivity contribution in [1.29, 1.82) is 0 Å². The Morgan fingerprint density at radius 2 is 2.10 bits per heavy atom. The van der Waals surface area contributed by atoms with Crippen molar-refractivity contribution in [2.45, 2.75) is 45.1 Å². The molecule has 0 atom stereocenters. The molecule has 0 aliphatic heterocycles. The lowest BCUT2D eigenvalue weighted by atomic mass is 9.60. The molecule has 1 aromatic rings. The zero-order valence-corrected chi connectivity index (χ0v) is 12.9. The second-order valence-electron chi connectivity index (χ2n) is 5.70. The van der Waals surface area contributed by atoms with E-state index in [9.17, 15) is 4.79 Å². The molecular weight excluding hydrogens is 264 g/mol. The van der Waals surface area contributed by atoms with Crippen LogP contribution in [0.5, 0.6) is 0 Å². The fourth-order valence-corrected chi connectivity index (χ4v) is 3.19.